The van der Waals surface area contributed by atoms with E-state index in [9.17, 15) is 9.18 Å². The number of para-hydroxylation sites is 1. The number of hydrogen-bond acceptors (Lipinski definition) is 5. The lowest BCUT2D eigenvalue weighted by Gasteiger charge is -2.43. The maximum absolute atomic E-state index is 14.0. The monoisotopic (exact) mass is 417 g/mol. The summed E-state index contributed by atoms with van der Waals surface area (Å²) < 4.78 is 14.0. The van der Waals surface area contributed by atoms with Gasteiger partial charge < -0.3 is 14.7 Å². The molecule has 158 valence electrons. The average Bonchev–Trinajstić information content (AvgIpc) is 2.79. The second kappa shape index (κ2) is 8.34. The Balaban J connectivity index is 1.17. The van der Waals surface area contributed by atoms with Crippen LogP contribution in [0.1, 0.15) is 0 Å². The van der Waals surface area contributed by atoms with Crippen molar-refractivity contribution in [2.24, 2.45) is 5.92 Å². The van der Waals surface area contributed by atoms with Crippen molar-refractivity contribution in [3.05, 3.63) is 72.8 Å². The molecule has 2 aliphatic heterocycles. The smallest absolute Gasteiger partial charge is 0.229 e. The van der Waals surface area contributed by atoms with E-state index in [-0.39, 0.29) is 17.6 Å². The number of halogens is 1. The van der Waals surface area contributed by atoms with Gasteiger partial charge in [-0.2, -0.15) is 0 Å². The van der Waals surface area contributed by atoms with Crippen LogP contribution in [0.4, 0.5) is 15.9 Å². The number of rotatable bonds is 4. The first-order valence-electron chi connectivity index (χ1n) is 10.6. The normalized spacial score (nSPS) is 16.9. The van der Waals surface area contributed by atoms with E-state index in [1.54, 1.807) is 18.5 Å². The molecule has 1 amide bonds. The van der Waals surface area contributed by atoms with Crippen LogP contribution < -0.4 is 9.80 Å². The summed E-state index contributed by atoms with van der Waals surface area (Å²) in [4.78, 5) is 27.7. The lowest BCUT2D eigenvalue weighted by atomic mass is 9.97. The van der Waals surface area contributed by atoms with E-state index in [1.807, 2.05) is 52.3 Å². The molecule has 0 unspecified atom stereocenters. The first-order chi connectivity index (χ1) is 15.2. The van der Waals surface area contributed by atoms with Gasteiger partial charge in [0.1, 0.15) is 18.0 Å². The van der Waals surface area contributed by atoms with Crippen molar-refractivity contribution in [1.82, 2.24) is 14.9 Å². The van der Waals surface area contributed by atoms with E-state index in [0.717, 1.165) is 17.1 Å². The molecule has 31 heavy (non-hydrogen) atoms. The summed E-state index contributed by atoms with van der Waals surface area (Å²) in [5.41, 5.74) is 2.54. The van der Waals surface area contributed by atoms with Gasteiger partial charge in [0.2, 0.25) is 5.91 Å². The summed E-state index contributed by atoms with van der Waals surface area (Å²) in [5, 5.41) is 0. The Morgan fingerprint density at radius 2 is 1.58 bits per heavy atom. The average molecular weight is 417 g/mol. The van der Waals surface area contributed by atoms with E-state index in [1.165, 1.54) is 6.07 Å². The first-order valence-corrected chi connectivity index (χ1v) is 10.6. The Hall–Kier alpha value is -3.48. The summed E-state index contributed by atoms with van der Waals surface area (Å²) >= 11 is 0. The van der Waals surface area contributed by atoms with Crippen LogP contribution in [0.3, 0.4) is 0 Å². The highest BCUT2D eigenvalue weighted by Gasteiger charge is 2.37. The van der Waals surface area contributed by atoms with Crippen molar-refractivity contribution < 1.29 is 9.18 Å². The second-order valence-electron chi connectivity index (χ2n) is 7.99. The van der Waals surface area contributed by atoms with Crippen LogP contribution in [-0.4, -0.2) is 60.0 Å². The second-order valence-corrected chi connectivity index (χ2v) is 7.99. The van der Waals surface area contributed by atoms with Gasteiger partial charge in [0.05, 0.1) is 17.3 Å². The SMILES string of the molecule is O=C(C1CN(c2cc(-c3ccccc3)ncn2)C1)N1CCN(c2ccccc2F)CC1. The number of amides is 1. The summed E-state index contributed by atoms with van der Waals surface area (Å²) in [7, 11) is 0. The van der Waals surface area contributed by atoms with Gasteiger partial charge >= 0.3 is 0 Å². The van der Waals surface area contributed by atoms with Crippen molar-refractivity contribution in [1.29, 1.82) is 0 Å². The molecule has 3 aromatic rings. The Morgan fingerprint density at radius 1 is 0.871 bits per heavy atom. The first kappa shape index (κ1) is 19.5. The third kappa shape index (κ3) is 3.95. The number of nitrogens with zero attached hydrogens (tertiary/aromatic N) is 5. The molecule has 0 saturated carbocycles. The number of piperazine rings is 1. The molecule has 2 aliphatic rings. The highest BCUT2D eigenvalue weighted by atomic mass is 19.1. The van der Waals surface area contributed by atoms with E-state index >= 15 is 0 Å². The maximum atomic E-state index is 14.0. The molecule has 2 saturated heterocycles. The lowest BCUT2D eigenvalue weighted by molar-refractivity contribution is -0.136. The van der Waals surface area contributed by atoms with Crippen molar-refractivity contribution in [3.63, 3.8) is 0 Å². The molecule has 6 nitrogen and oxygen atoms in total. The van der Waals surface area contributed by atoms with Crippen LogP contribution in [0, 0.1) is 11.7 Å². The van der Waals surface area contributed by atoms with Crippen LogP contribution in [-0.2, 0) is 4.79 Å². The topological polar surface area (TPSA) is 52.6 Å². The summed E-state index contributed by atoms with van der Waals surface area (Å²) in [5.74, 6) is 0.802. The van der Waals surface area contributed by atoms with Crippen LogP contribution in [0.15, 0.2) is 67.0 Å². The van der Waals surface area contributed by atoms with Crippen LogP contribution >= 0.6 is 0 Å². The third-order valence-electron chi connectivity index (χ3n) is 6.06. The van der Waals surface area contributed by atoms with Gasteiger partial charge in [0.15, 0.2) is 0 Å². The van der Waals surface area contributed by atoms with E-state index in [4.69, 9.17) is 0 Å². The number of carbonyl (C=O) groups is 1. The fourth-order valence-electron chi connectivity index (χ4n) is 4.24. The van der Waals surface area contributed by atoms with Gasteiger partial charge in [-0.15, -0.1) is 0 Å². The molecular weight excluding hydrogens is 393 g/mol. The van der Waals surface area contributed by atoms with Gasteiger partial charge in [0.25, 0.3) is 0 Å². The molecule has 0 radical (unpaired) electrons. The molecule has 0 aliphatic carbocycles. The molecule has 5 rings (SSSR count). The van der Waals surface area contributed by atoms with Crippen molar-refractivity contribution in [3.8, 4) is 11.3 Å². The Morgan fingerprint density at radius 3 is 2.32 bits per heavy atom. The van der Waals surface area contributed by atoms with Crippen molar-refractivity contribution in [2.45, 2.75) is 0 Å². The minimum Gasteiger partial charge on any atom is -0.366 e. The van der Waals surface area contributed by atoms with Crippen LogP contribution in [0.5, 0.6) is 0 Å². The van der Waals surface area contributed by atoms with Crippen LogP contribution in [0.2, 0.25) is 0 Å². The number of hydrogen-bond donors (Lipinski definition) is 0. The fourth-order valence-corrected chi connectivity index (χ4v) is 4.24. The lowest BCUT2D eigenvalue weighted by Crippen LogP contribution is -2.58. The Kier molecular flexibility index (Phi) is 5.24. The molecule has 3 heterocycles. The van der Waals surface area contributed by atoms with Crippen LogP contribution in [0.25, 0.3) is 11.3 Å². The number of aromatic nitrogens is 2. The van der Waals surface area contributed by atoms with Gasteiger partial charge in [-0.05, 0) is 12.1 Å². The van der Waals surface area contributed by atoms with Gasteiger partial charge in [-0.25, -0.2) is 14.4 Å². The van der Waals surface area contributed by atoms with E-state index < -0.39 is 0 Å². The molecule has 2 aromatic carbocycles. The largest absolute Gasteiger partial charge is 0.366 e. The summed E-state index contributed by atoms with van der Waals surface area (Å²) in [6.07, 6.45) is 1.58. The predicted octanol–water partition coefficient (Wildman–Crippen LogP) is 3.07. The molecule has 0 bridgehead atoms. The molecule has 2 fully saturated rings. The zero-order chi connectivity index (χ0) is 21.2. The van der Waals surface area contributed by atoms with E-state index in [0.29, 0.717) is 45.0 Å². The molecular formula is C24H24FN5O. The minimum absolute atomic E-state index is 0.0184. The highest BCUT2D eigenvalue weighted by molar-refractivity contribution is 5.82. The van der Waals surface area contributed by atoms with Gasteiger partial charge in [-0.1, -0.05) is 42.5 Å². The Bertz CT molecular complexity index is 1060. The van der Waals surface area contributed by atoms with Crippen molar-refractivity contribution >= 4 is 17.4 Å². The van der Waals surface area contributed by atoms with Crippen molar-refractivity contribution in [2.75, 3.05) is 49.1 Å². The Labute approximate surface area is 180 Å². The predicted molar refractivity (Wildman–Crippen MR) is 118 cm³/mol. The molecule has 0 N–H and O–H groups in total. The molecule has 1 aromatic heterocycles. The van der Waals surface area contributed by atoms with Gasteiger partial charge in [-0.3, -0.25) is 4.79 Å². The quantitative estimate of drug-likeness (QED) is 0.653. The standard InChI is InChI=1S/C24H24FN5O/c25-20-8-4-5-9-22(20)28-10-12-29(13-11-28)24(31)19-15-30(16-19)23-14-21(26-17-27-23)18-6-2-1-3-7-18/h1-9,14,17,19H,10-13,15-16H2. The zero-order valence-corrected chi connectivity index (χ0v) is 17.2. The van der Waals surface area contributed by atoms with E-state index in [2.05, 4.69) is 14.9 Å². The molecule has 7 heteroatoms. The summed E-state index contributed by atoms with van der Waals surface area (Å²) in [6, 6.07) is 18.8. The molecule has 0 spiro atoms. The fraction of sp³-hybridized carbons (Fsp3) is 0.292. The zero-order valence-electron chi connectivity index (χ0n) is 17.2. The number of benzene rings is 2. The number of anilines is 2. The van der Waals surface area contributed by atoms with Gasteiger partial charge in [0, 0.05) is 50.9 Å². The summed E-state index contributed by atoms with van der Waals surface area (Å²) in [6.45, 7) is 3.87. The molecule has 0 atom stereocenters. The maximum Gasteiger partial charge on any atom is 0.229 e. The number of carbonyl (C=O) groups excluding carboxylic acids is 1. The third-order valence-corrected chi connectivity index (χ3v) is 6.06. The minimum atomic E-state index is -0.211. The highest BCUT2D eigenvalue weighted by Crippen LogP contribution is 2.28.